The fourth-order valence-electron chi connectivity index (χ4n) is 2.97. The summed E-state index contributed by atoms with van der Waals surface area (Å²) in [6, 6.07) is 0. The summed E-state index contributed by atoms with van der Waals surface area (Å²) >= 11 is 0. The molecule has 0 bridgehead atoms. The van der Waals surface area contributed by atoms with Gasteiger partial charge in [-0.05, 0) is 44.3 Å². The number of esters is 2. The molecule has 5 heteroatoms. The van der Waals surface area contributed by atoms with Crippen molar-refractivity contribution in [3.8, 4) is 0 Å². The number of hydrogen-bond acceptors (Lipinski definition) is 5. The topological polar surface area (TPSA) is 69.7 Å². The molecule has 0 aromatic heterocycles. The van der Waals surface area contributed by atoms with E-state index in [9.17, 15) is 14.4 Å². The predicted octanol–water partition coefficient (Wildman–Crippen LogP) is 3.22. The van der Waals surface area contributed by atoms with Gasteiger partial charge >= 0.3 is 11.9 Å². The second-order valence-electron chi connectivity index (χ2n) is 6.64. The number of aldehydes is 1. The molecule has 2 atom stereocenters. The average molecular weight is 344 g/mol. The Morgan fingerprint density at radius 3 is 2.84 bits per heavy atom. The lowest BCUT2D eigenvalue weighted by Crippen LogP contribution is -2.18. The lowest BCUT2D eigenvalue weighted by atomic mass is 9.88. The zero-order valence-corrected chi connectivity index (χ0v) is 14.7. The molecule has 0 N–H and O–H groups in total. The molecular weight excluding hydrogens is 320 g/mol. The van der Waals surface area contributed by atoms with Gasteiger partial charge in [0.05, 0.1) is 0 Å². The predicted molar refractivity (Wildman–Crippen MR) is 93.6 cm³/mol. The third-order valence-electron chi connectivity index (χ3n) is 4.34. The number of carbonyl (C=O) groups is 3. The summed E-state index contributed by atoms with van der Waals surface area (Å²) in [5, 5.41) is 0. The van der Waals surface area contributed by atoms with Crippen LogP contribution in [0.2, 0.25) is 0 Å². The molecule has 25 heavy (non-hydrogen) atoms. The van der Waals surface area contributed by atoms with Crippen LogP contribution in [0.25, 0.3) is 0 Å². The fourth-order valence-corrected chi connectivity index (χ4v) is 2.97. The molecule has 0 unspecified atom stereocenters. The number of fused-ring (bicyclic) bond motifs is 1. The van der Waals surface area contributed by atoms with E-state index in [-0.39, 0.29) is 24.6 Å². The van der Waals surface area contributed by atoms with E-state index in [2.05, 4.69) is 6.58 Å². The summed E-state index contributed by atoms with van der Waals surface area (Å²) in [7, 11) is 0. The van der Waals surface area contributed by atoms with E-state index in [4.69, 9.17) is 9.47 Å². The minimum absolute atomic E-state index is 0.155. The highest BCUT2D eigenvalue weighted by Crippen LogP contribution is 2.34. The van der Waals surface area contributed by atoms with Crippen LogP contribution in [0.5, 0.6) is 0 Å². The largest absolute Gasteiger partial charge is 0.458 e. The molecule has 5 nitrogen and oxygen atoms in total. The Labute approximate surface area is 148 Å². The van der Waals surface area contributed by atoms with Crippen LogP contribution in [0.15, 0.2) is 47.1 Å². The molecule has 2 rings (SSSR count). The monoisotopic (exact) mass is 344 g/mol. The van der Waals surface area contributed by atoms with E-state index in [1.54, 1.807) is 0 Å². The number of ether oxygens (including phenoxy) is 2. The number of carbonyl (C=O) groups excluding carboxylic acids is 3. The van der Waals surface area contributed by atoms with Gasteiger partial charge in [-0.15, -0.1) is 0 Å². The molecule has 2 aliphatic rings. The van der Waals surface area contributed by atoms with Gasteiger partial charge in [0, 0.05) is 24.0 Å². The van der Waals surface area contributed by atoms with Crippen molar-refractivity contribution in [3.63, 3.8) is 0 Å². The van der Waals surface area contributed by atoms with E-state index in [1.807, 2.05) is 26.0 Å². The molecule has 1 saturated heterocycles. The van der Waals surface area contributed by atoms with Gasteiger partial charge in [0.2, 0.25) is 0 Å². The minimum atomic E-state index is -0.399. The summed E-state index contributed by atoms with van der Waals surface area (Å²) < 4.78 is 10.6. The zero-order chi connectivity index (χ0) is 18.4. The number of hydrogen-bond donors (Lipinski definition) is 0. The first-order valence-electron chi connectivity index (χ1n) is 8.44. The average Bonchev–Trinajstić information content (AvgIpc) is 2.82. The molecule has 0 aromatic carbocycles. The third kappa shape index (κ3) is 5.28. The second-order valence-corrected chi connectivity index (χ2v) is 6.64. The van der Waals surface area contributed by atoms with Crippen LogP contribution in [-0.4, -0.2) is 30.9 Å². The van der Waals surface area contributed by atoms with Crippen LogP contribution in [-0.2, 0) is 23.9 Å². The van der Waals surface area contributed by atoms with Crippen LogP contribution < -0.4 is 0 Å². The molecule has 1 aliphatic heterocycles. The first-order chi connectivity index (χ1) is 11.9. The van der Waals surface area contributed by atoms with Crippen molar-refractivity contribution in [2.45, 2.75) is 45.6 Å². The molecule has 1 fully saturated rings. The van der Waals surface area contributed by atoms with E-state index in [0.717, 1.165) is 17.4 Å². The lowest BCUT2D eigenvalue weighted by molar-refractivity contribution is -0.139. The maximum absolute atomic E-state index is 11.8. The van der Waals surface area contributed by atoms with Gasteiger partial charge in [0.1, 0.15) is 19.0 Å². The number of allylic oxidation sites excluding steroid dienone is 3. The van der Waals surface area contributed by atoms with Gasteiger partial charge < -0.3 is 9.47 Å². The molecule has 0 spiro atoms. The SMILES string of the molecule is C=C1C(=O)O[C@H]2C/C(C=O)=C/CC/C(COC(=O)C=C(C)C)=C/C[C@H]12. The molecule has 0 radical (unpaired) electrons. The summed E-state index contributed by atoms with van der Waals surface area (Å²) in [5.41, 5.74) is 2.90. The molecule has 0 amide bonds. The number of rotatable bonds is 4. The smallest absolute Gasteiger partial charge is 0.334 e. The first-order valence-corrected chi connectivity index (χ1v) is 8.44. The van der Waals surface area contributed by atoms with Crippen molar-refractivity contribution in [1.82, 2.24) is 0 Å². The molecule has 0 saturated carbocycles. The molecule has 134 valence electrons. The first kappa shape index (κ1) is 18.9. The maximum atomic E-state index is 11.8. The minimum Gasteiger partial charge on any atom is -0.458 e. The van der Waals surface area contributed by atoms with Crippen LogP contribution in [0, 0.1) is 5.92 Å². The third-order valence-corrected chi connectivity index (χ3v) is 4.34. The molecule has 1 heterocycles. The van der Waals surface area contributed by atoms with Gasteiger partial charge in [-0.1, -0.05) is 24.3 Å². The van der Waals surface area contributed by atoms with Gasteiger partial charge in [-0.25, -0.2) is 9.59 Å². The van der Waals surface area contributed by atoms with Gasteiger partial charge in [0.15, 0.2) is 0 Å². The highest BCUT2D eigenvalue weighted by atomic mass is 16.6. The lowest BCUT2D eigenvalue weighted by Gasteiger charge is -2.18. The van der Waals surface area contributed by atoms with Crippen molar-refractivity contribution in [3.05, 3.63) is 47.1 Å². The molecule has 1 aliphatic carbocycles. The summed E-state index contributed by atoms with van der Waals surface area (Å²) in [4.78, 5) is 34.7. The van der Waals surface area contributed by atoms with Crippen LogP contribution in [0.4, 0.5) is 0 Å². The van der Waals surface area contributed by atoms with Gasteiger partial charge in [0.25, 0.3) is 0 Å². The fraction of sp³-hybridized carbons (Fsp3) is 0.450. The molecular formula is C20H24O5. The van der Waals surface area contributed by atoms with Crippen molar-refractivity contribution in [2.24, 2.45) is 5.92 Å². The van der Waals surface area contributed by atoms with Crippen LogP contribution in [0.1, 0.15) is 39.5 Å². The normalized spacial score (nSPS) is 27.8. The van der Waals surface area contributed by atoms with E-state index in [1.165, 1.54) is 6.08 Å². The van der Waals surface area contributed by atoms with Crippen LogP contribution in [0.3, 0.4) is 0 Å². The quantitative estimate of drug-likeness (QED) is 0.339. The van der Waals surface area contributed by atoms with Crippen molar-refractivity contribution < 1.29 is 23.9 Å². The second kappa shape index (κ2) is 8.60. The van der Waals surface area contributed by atoms with Gasteiger partial charge in [-0.3, -0.25) is 4.79 Å². The van der Waals surface area contributed by atoms with Gasteiger partial charge in [-0.2, -0.15) is 0 Å². The highest BCUT2D eigenvalue weighted by molar-refractivity contribution is 5.91. The zero-order valence-electron chi connectivity index (χ0n) is 14.7. The molecule has 0 aromatic rings. The van der Waals surface area contributed by atoms with Crippen molar-refractivity contribution in [2.75, 3.05) is 6.61 Å². The van der Waals surface area contributed by atoms with Crippen molar-refractivity contribution >= 4 is 18.2 Å². The Kier molecular flexibility index (Phi) is 6.51. The Morgan fingerprint density at radius 2 is 2.16 bits per heavy atom. The Balaban J connectivity index is 2.13. The standard InChI is InChI=1S/C20H24O5/c1-13(2)9-19(22)24-12-15-5-4-6-16(11-21)10-18-17(8-7-15)14(3)20(23)25-18/h6-7,9,11,17-18H,3-5,8,10,12H2,1-2H3/b15-7-,16-6-/t17-,18+/m1/s1. The summed E-state index contributed by atoms with van der Waals surface area (Å²) in [6.07, 6.45) is 8.12. The van der Waals surface area contributed by atoms with E-state index < -0.39 is 5.97 Å². The van der Waals surface area contributed by atoms with Crippen LogP contribution >= 0.6 is 0 Å². The Morgan fingerprint density at radius 1 is 1.40 bits per heavy atom. The Hall–Kier alpha value is -2.43. The van der Waals surface area contributed by atoms with E-state index in [0.29, 0.717) is 36.8 Å². The summed E-state index contributed by atoms with van der Waals surface area (Å²) in [6.45, 7) is 7.69. The summed E-state index contributed by atoms with van der Waals surface area (Å²) in [5.74, 6) is -0.925. The van der Waals surface area contributed by atoms with Crippen molar-refractivity contribution in [1.29, 1.82) is 0 Å². The van der Waals surface area contributed by atoms with E-state index >= 15 is 0 Å². The maximum Gasteiger partial charge on any atom is 0.334 e. The highest BCUT2D eigenvalue weighted by Gasteiger charge is 2.38. The Bertz CT molecular complexity index is 662.